The number of hydrogen-bond donors (Lipinski definition) is 1. The van der Waals surface area contributed by atoms with Crippen molar-refractivity contribution in [2.75, 3.05) is 20.8 Å². The lowest BCUT2D eigenvalue weighted by molar-refractivity contribution is -0.139. The van der Waals surface area contributed by atoms with E-state index in [-0.39, 0.29) is 18.9 Å². The normalized spacial score (nSPS) is 16.7. The van der Waals surface area contributed by atoms with Crippen LogP contribution in [0, 0.1) is 0 Å². The zero-order valence-electron chi connectivity index (χ0n) is 20.6. The second kappa shape index (κ2) is 11.3. The van der Waals surface area contributed by atoms with Crippen LogP contribution in [0.5, 0.6) is 11.5 Å². The van der Waals surface area contributed by atoms with Gasteiger partial charge in [-0.15, -0.1) is 0 Å². The van der Waals surface area contributed by atoms with Crippen LogP contribution in [0.4, 0.5) is 0 Å². The van der Waals surface area contributed by atoms with Crippen molar-refractivity contribution < 1.29 is 23.8 Å². The molecule has 1 N–H and O–H groups in total. The third-order valence-electron chi connectivity index (χ3n) is 5.72. The Morgan fingerprint density at radius 1 is 1.14 bits per heavy atom. The Hall–Kier alpha value is -3.79. The molecule has 10 heteroatoms. The summed E-state index contributed by atoms with van der Waals surface area (Å²) in [6, 6.07) is 10.4. The van der Waals surface area contributed by atoms with Crippen LogP contribution in [0.3, 0.4) is 0 Å². The molecule has 1 atom stereocenters. The number of nitrogens with one attached hydrogen (secondary N) is 1. The number of amidine groups is 1. The monoisotopic (exact) mass is 508 g/mol. The van der Waals surface area contributed by atoms with Gasteiger partial charge < -0.3 is 24.4 Å². The standard InChI is InChI=1S/C26H28N4O5S/c1-5-35-25(32)23-16(2)29-26-30(24(23)17-10-20(33-3)13-21(11-17)34-4)19(15-36-26)12-22(31)28-14-18-8-6-7-9-27-18/h6-11,13,15,24H,5,12,14H2,1-4H3,(H,28,31)/t24-/m0/s1. The summed E-state index contributed by atoms with van der Waals surface area (Å²) in [6.07, 6.45) is 1.79. The lowest BCUT2D eigenvalue weighted by Gasteiger charge is -2.36. The molecule has 0 aliphatic carbocycles. The maximum absolute atomic E-state index is 13.1. The number of thioether (sulfide) groups is 1. The molecule has 0 fully saturated rings. The number of amides is 1. The van der Waals surface area contributed by atoms with Gasteiger partial charge in [0.1, 0.15) is 11.5 Å². The Labute approximate surface area is 214 Å². The lowest BCUT2D eigenvalue weighted by atomic mass is 9.93. The molecule has 0 bridgehead atoms. The van der Waals surface area contributed by atoms with Crippen molar-refractivity contribution >= 4 is 28.8 Å². The molecular formula is C26H28N4O5S. The maximum Gasteiger partial charge on any atom is 0.338 e. The number of allylic oxidation sites excluding steroid dienone is 1. The first kappa shape index (κ1) is 25.3. The van der Waals surface area contributed by atoms with Crippen LogP contribution < -0.4 is 14.8 Å². The summed E-state index contributed by atoms with van der Waals surface area (Å²) in [7, 11) is 3.14. The highest BCUT2D eigenvalue weighted by Crippen LogP contribution is 2.46. The Balaban J connectivity index is 1.67. The van der Waals surface area contributed by atoms with E-state index in [0.29, 0.717) is 34.5 Å². The number of carbonyl (C=O) groups excluding carboxylic acids is 2. The number of aliphatic imine (C=N–C) groups is 1. The SMILES string of the molecule is CCOC(=O)C1=C(C)N=C2SC=C(CC(=O)NCc3ccccn3)N2[C@H]1c1cc(OC)cc(OC)c1. The highest BCUT2D eigenvalue weighted by Gasteiger charge is 2.41. The number of ether oxygens (including phenoxy) is 3. The van der Waals surface area contributed by atoms with E-state index in [4.69, 9.17) is 14.2 Å². The highest BCUT2D eigenvalue weighted by molar-refractivity contribution is 8.16. The third-order valence-corrected chi connectivity index (χ3v) is 6.61. The van der Waals surface area contributed by atoms with Gasteiger partial charge in [0.15, 0.2) is 5.17 Å². The second-order valence-electron chi connectivity index (χ2n) is 8.03. The van der Waals surface area contributed by atoms with Gasteiger partial charge in [-0.2, -0.15) is 0 Å². The van der Waals surface area contributed by atoms with E-state index in [1.165, 1.54) is 11.8 Å². The summed E-state index contributed by atoms with van der Waals surface area (Å²) in [5, 5.41) is 5.49. The van der Waals surface area contributed by atoms with Gasteiger partial charge in [-0.25, -0.2) is 9.79 Å². The fourth-order valence-corrected chi connectivity index (χ4v) is 5.03. The molecule has 1 aromatic heterocycles. The van der Waals surface area contributed by atoms with E-state index in [2.05, 4.69) is 15.3 Å². The number of hydrogen-bond acceptors (Lipinski definition) is 9. The molecule has 188 valence electrons. The van der Waals surface area contributed by atoms with Gasteiger partial charge in [-0.3, -0.25) is 9.78 Å². The number of pyridine rings is 1. The molecule has 3 heterocycles. The summed E-state index contributed by atoms with van der Waals surface area (Å²) in [6.45, 7) is 4.11. The van der Waals surface area contributed by atoms with Crippen LogP contribution in [0.1, 0.15) is 37.6 Å². The smallest absolute Gasteiger partial charge is 0.338 e. The maximum atomic E-state index is 13.1. The van der Waals surface area contributed by atoms with Crippen molar-refractivity contribution in [2.24, 2.45) is 4.99 Å². The van der Waals surface area contributed by atoms with Crippen LogP contribution in [0.15, 0.2) is 70.0 Å². The zero-order valence-corrected chi connectivity index (χ0v) is 21.4. The van der Waals surface area contributed by atoms with Crippen molar-refractivity contribution in [3.63, 3.8) is 0 Å². The molecule has 1 aromatic carbocycles. The lowest BCUT2D eigenvalue weighted by Crippen LogP contribution is -2.38. The van der Waals surface area contributed by atoms with Gasteiger partial charge in [-0.05, 0) is 49.1 Å². The number of benzene rings is 1. The number of aromatic nitrogens is 1. The van der Waals surface area contributed by atoms with Crippen molar-refractivity contribution in [3.8, 4) is 11.5 Å². The average Bonchev–Trinajstić information content (AvgIpc) is 3.28. The summed E-state index contributed by atoms with van der Waals surface area (Å²) in [4.78, 5) is 36.8. The van der Waals surface area contributed by atoms with Gasteiger partial charge in [0.2, 0.25) is 5.91 Å². The minimum Gasteiger partial charge on any atom is -0.497 e. The number of fused-ring (bicyclic) bond motifs is 1. The quantitative estimate of drug-likeness (QED) is 0.508. The molecule has 2 aliphatic heterocycles. The number of carbonyl (C=O) groups is 2. The molecule has 9 nitrogen and oxygen atoms in total. The molecule has 36 heavy (non-hydrogen) atoms. The van der Waals surface area contributed by atoms with E-state index in [0.717, 1.165) is 17.0 Å². The molecule has 0 saturated carbocycles. The molecule has 0 unspecified atom stereocenters. The predicted octanol–water partition coefficient (Wildman–Crippen LogP) is 3.94. The minimum absolute atomic E-state index is 0.103. The number of methoxy groups -OCH3 is 2. The molecule has 2 aromatic rings. The fourth-order valence-electron chi connectivity index (χ4n) is 4.06. The van der Waals surface area contributed by atoms with Gasteiger partial charge in [0.05, 0.1) is 56.8 Å². The molecule has 1 amide bonds. The van der Waals surface area contributed by atoms with Crippen LogP contribution >= 0.6 is 11.8 Å². The minimum atomic E-state index is -0.578. The summed E-state index contributed by atoms with van der Waals surface area (Å²) < 4.78 is 16.4. The predicted molar refractivity (Wildman–Crippen MR) is 137 cm³/mol. The van der Waals surface area contributed by atoms with Crippen molar-refractivity contribution in [1.29, 1.82) is 0 Å². The zero-order chi connectivity index (χ0) is 25.7. The van der Waals surface area contributed by atoms with Gasteiger partial charge in [0.25, 0.3) is 0 Å². The van der Waals surface area contributed by atoms with Gasteiger partial charge in [-0.1, -0.05) is 17.8 Å². The molecular weight excluding hydrogens is 480 g/mol. The Bertz CT molecular complexity index is 1220. The molecule has 0 radical (unpaired) electrons. The Kier molecular flexibility index (Phi) is 7.94. The highest BCUT2D eigenvalue weighted by atomic mass is 32.2. The van der Waals surface area contributed by atoms with Crippen molar-refractivity contribution in [3.05, 3.63) is 76.2 Å². The third kappa shape index (κ3) is 5.38. The van der Waals surface area contributed by atoms with Gasteiger partial charge in [0, 0.05) is 18.0 Å². The number of esters is 1. The number of nitrogens with zero attached hydrogens (tertiary/aromatic N) is 3. The Morgan fingerprint density at radius 2 is 1.89 bits per heavy atom. The summed E-state index contributed by atoms with van der Waals surface area (Å²) in [5.74, 6) is 0.541. The van der Waals surface area contributed by atoms with Crippen LogP contribution in [-0.2, 0) is 20.9 Å². The van der Waals surface area contributed by atoms with Crippen LogP contribution in [-0.4, -0.2) is 47.8 Å². The van der Waals surface area contributed by atoms with E-state index in [1.54, 1.807) is 40.3 Å². The van der Waals surface area contributed by atoms with E-state index < -0.39 is 12.0 Å². The van der Waals surface area contributed by atoms with Crippen LogP contribution in [0.25, 0.3) is 0 Å². The van der Waals surface area contributed by atoms with Gasteiger partial charge >= 0.3 is 5.97 Å². The Morgan fingerprint density at radius 3 is 2.53 bits per heavy atom. The van der Waals surface area contributed by atoms with E-state index in [1.807, 2.05) is 40.6 Å². The summed E-state index contributed by atoms with van der Waals surface area (Å²) in [5.41, 5.74) is 3.21. The first-order valence-corrected chi connectivity index (χ1v) is 12.3. The van der Waals surface area contributed by atoms with Crippen molar-refractivity contribution in [1.82, 2.24) is 15.2 Å². The molecule has 4 rings (SSSR count). The first-order valence-electron chi connectivity index (χ1n) is 11.5. The fraction of sp³-hybridized carbons (Fsp3) is 0.308. The van der Waals surface area contributed by atoms with Crippen LogP contribution in [0.2, 0.25) is 0 Å². The largest absolute Gasteiger partial charge is 0.497 e. The molecule has 0 spiro atoms. The first-order chi connectivity index (χ1) is 17.4. The van der Waals surface area contributed by atoms with E-state index >= 15 is 0 Å². The topological polar surface area (TPSA) is 102 Å². The number of rotatable bonds is 9. The summed E-state index contributed by atoms with van der Waals surface area (Å²) >= 11 is 1.41. The van der Waals surface area contributed by atoms with E-state index in [9.17, 15) is 9.59 Å². The molecule has 2 aliphatic rings. The molecule has 0 saturated heterocycles. The second-order valence-corrected chi connectivity index (χ2v) is 8.87. The average molecular weight is 509 g/mol. The van der Waals surface area contributed by atoms with Crippen molar-refractivity contribution in [2.45, 2.75) is 32.9 Å².